The molecule has 146 valence electrons. The molecule has 8 heteroatoms. The lowest BCUT2D eigenvalue weighted by Gasteiger charge is -2.05. The third-order valence-electron chi connectivity index (χ3n) is 3.73. The Morgan fingerprint density at radius 3 is 2.64 bits per heavy atom. The number of carbonyl (C=O) groups excluding carboxylic acids is 2. The molecule has 0 spiro atoms. The van der Waals surface area contributed by atoms with E-state index < -0.39 is 23.4 Å². The van der Waals surface area contributed by atoms with Gasteiger partial charge in [0.05, 0.1) is 4.92 Å². The number of nitrogens with one attached hydrogen (secondary N) is 1. The number of halogens is 1. The normalized spacial score (nSPS) is 10.6. The third kappa shape index (κ3) is 7.20. The zero-order chi connectivity index (χ0) is 20.4. The molecule has 1 N–H and O–H groups in total. The number of esters is 1. The highest BCUT2D eigenvalue weighted by atomic mass is 35.5. The highest BCUT2D eigenvalue weighted by Crippen LogP contribution is 2.25. The van der Waals surface area contributed by atoms with Crippen molar-refractivity contribution in [2.75, 3.05) is 13.2 Å². The van der Waals surface area contributed by atoms with Crippen LogP contribution in [0.1, 0.15) is 17.5 Å². The fraction of sp³-hybridized carbons (Fsp3) is 0.200. The van der Waals surface area contributed by atoms with E-state index in [1.165, 1.54) is 29.8 Å². The number of nitro groups is 1. The van der Waals surface area contributed by atoms with Gasteiger partial charge in [0.25, 0.3) is 11.6 Å². The molecule has 0 aliphatic heterocycles. The molecular formula is C20H19ClN2O5. The van der Waals surface area contributed by atoms with Crippen molar-refractivity contribution in [3.8, 4) is 0 Å². The number of amides is 1. The lowest BCUT2D eigenvalue weighted by molar-refractivity contribution is -0.384. The number of ether oxygens (including phenoxy) is 1. The number of nitro benzene ring substituents is 1. The number of carbonyl (C=O) groups is 2. The van der Waals surface area contributed by atoms with Crippen molar-refractivity contribution in [2.45, 2.75) is 12.8 Å². The van der Waals surface area contributed by atoms with Gasteiger partial charge in [-0.1, -0.05) is 48.0 Å². The van der Waals surface area contributed by atoms with Crippen LogP contribution in [0.15, 0.2) is 54.6 Å². The number of aryl methyl sites for hydroxylation is 1. The molecule has 0 radical (unpaired) electrons. The molecule has 0 aliphatic carbocycles. The molecule has 0 saturated heterocycles. The molecule has 0 aliphatic rings. The molecule has 0 bridgehead atoms. The van der Waals surface area contributed by atoms with Crippen LogP contribution >= 0.6 is 11.6 Å². The molecule has 28 heavy (non-hydrogen) atoms. The van der Waals surface area contributed by atoms with E-state index >= 15 is 0 Å². The van der Waals surface area contributed by atoms with E-state index in [1.54, 1.807) is 0 Å². The summed E-state index contributed by atoms with van der Waals surface area (Å²) in [4.78, 5) is 33.6. The van der Waals surface area contributed by atoms with Gasteiger partial charge in [-0.25, -0.2) is 4.79 Å². The van der Waals surface area contributed by atoms with Crippen LogP contribution in [0.4, 0.5) is 5.69 Å². The predicted octanol–water partition coefficient (Wildman–Crippen LogP) is 3.55. The highest BCUT2D eigenvalue weighted by molar-refractivity contribution is 6.32. The van der Waals surface area contributed by atoms with Crippen LogP contribution in [-0.4, -0.2) is 30.0 Å². The number of benzene rings is 2. The molecular weight excluding hydrogens is 384 g/mol. The molecule has 0 heterocycles. The SMILES string of the molecule is O=C(COC(=O)/C=C/c1ccc(Cl)c([N+](=O)[O-])c1)NCCCc1ccccc1. The van der Waals surface area contributed by atoms with Gasteiger partial charge in [0.15, 0.2) is 6.61 Å². The average molecular weight is 403 g/mol. The van der Waals surface area contributed by atoms with Gasteiger partial charge in [0, 0.05) is 18.7 Å². The number of rotatable bonds is 9. The summed E-state index contributed by atoms with van der Waals surface area (Å²) in [7, 11) is 0. The van der Waals surface area contributed by atoms with Crippen molar-refractivity contribution in [3.05, 3.63) is 80.9 Å². The highest BCUT2D eigenvalue weighted by Gasteiger charge is 2.12. The average Bonchev–Trinajstić information content (AvgIpc) is 2.69. The zero-order valence-corrected chi connectivity index (χ0v) is 15.7. The van der Waals surface area contributed by atoms with E-state index in [1.807, 2.05) is 30.3 Å². The van der Waals surface area contributed by atoms with Gasteiger partial charge in [0.1, 0.15) is 5.02 Å². The van der Waals surface area contributed by atoms with Crippen LogP contribution in [0.5, 0.6) is 0 Å². The van der Waals surface area contributed by atoms with Gasteiger partial charge >= 0.3 is 5.97 Å². The molecule has 0 fully saturated rings. The Morgan fingerprint density at radius 1 is 1.18 bits per heavy atom. The van der Waals surface area contributed by atoms with Gasteiger partial charge in [-0.05, 0) is 36.1 Å². The topological polar surface area (TPSA) is 98.5 Å². The first-order chi connectivity index (χ1) is 13.5. The lowest BCUT2D eigenvalue weighted by atomic mass is 10.1. The molecule has 0 unspecified atom stereocenters. The number of hydrogen-bond acceptors (Lipinski definition) is 5. The summed E-state index contributed by atoms with van der Waals surface area (Å²) in [5.41, 5.74) is 1.35. The first-order valence-corrected chi connectivity index (χ1v) is 8.93. The largest absolute Gasteiger partial charge is 0.452 e. The van der Waals surface area contributed by atoms with Gasteiger partial charge in [0.2, 0.25) is 0 Å². The second-order valence-electron chi connectivity index (χ2n) is 5.85. The monoisotopic (exact) mass is 402 g/mol. The van der Waals surface area contributed by atoms with Crippen LogP contribution in [-0.2, 0) is 20.7 Å². The Hall–Kier alpha value is -3.19. The van der Waals surface area contributed by atoms with Gasteiger partial charge < -0.3 is 10.1 Å². The maximum Gasteiger partial charge on any atom is 0.331 e. The number of hydrogen-bond donors (Lipinski definition) is 1. The van der Waals surface area contributed by atoms with Crippen molar-refractivity contribution < 1.29 is 19.2 Å². The Morgan fingerprint density at radius 2 is 1.93 bits per heavy atom. The molecule has 0 aromatic heterocycles. The van der Waals surface area contributed by atoms with Crippen molar-refractivity contribution >= 4 is 35.2 Å². The summed E-state index contributed by atoms with van der Waals surface area (Å²) in [6, 6.07) is 14.0. The van der Waals surface area contributed by atoms with Crippen LogP contribution in [0.3, 0.4) is 0 Å². The van der Waals surface area contributed by atoms with E-state index in [9.17, 15) is 19.7 Å². The molecule has 2 aromatic rings. The van der Waals surface area contributed by atoms with Gasteiger partial charge in [-0.3, -0.25) is 14.9 Å². The fourth-order valence-corrected chi connectivity index (χ4v) is 2.52. The van der Waals surface area contributed by atoms with Crippen molar-refractivity contribution in [1.29, 1.82) is 0 Å². The first-order valence-electron chi connectivity index (χ1n) is 8.55. The lowest BCUT2D eigenvalue weighted by Crippen LogP contribution is -2.29. The van der Waals surface area contributed by atoms with Gasteiger partial charge in [-0.15, -0.1) is 0 Å². The number of nitrogens with zero attached hydrogens (tertiary/aromatic N) is 1. The van der Waals surface area contributed by atoms with Crippen molar-refractivity contribution in [3.63, 3.8) is 0 Å². The summed E-state index contributed by atoms with van der Waals surface area (Å²) in [6.45, 7) is 0.0881. The van der Waals surface area contributed by atoms with Crippen LogP contribution in [0.25, 0.3) is 6.08 Å². The maximum atomic E-state index is 11.7. The van der Waals surface area contributed by atoms with Crippen LogP contribution in [0.2, 0.25) is 5.02 Å². The molecule has 7 nitrogen and oxygen atoms in total. The second kappa shape index (κ2) is 10.8. The Labute approximate surface area is 167 Å². The Bertz CT molecular complexity index is 868. The van der Waals surface area contributed by atoms with Crippen LogP contribution < -0.4 is 5.32 Å². The van der Waals surface area contributed by atoms with E-state index in [0.29, 0.717) is 12.1 Å². The van der Waals surface area contributed by atoms with E-state index in [2.05, 4.69) is 5.32 Å². The summed E-state index contributed by atoms with van der Waals surface area (Å²) in [5, 5.41) is 13.5. The smallest absolute Gasteiger partial charge is 0.331 e. The molecule has 0 atom stereocenters. The summed E-state index contributed by atoms with van der Waals surface area (Å²) in [6.07, 6.45) is 4.06. The van der Waals surface area contributed by atoms with E-state index in [4.69, 9.17) is 16.3 Å². The minimum absolute atomic E-state index is 0.00802. The maximum absolute atomic E-state index is 11.7. The molecule has 2 aromatic carbocycles. The van der Waals surface area contributed by atoms with Crippen molar-refractivity contribution in [2.24, 2.45) is 0 Å². The summed E-state index contributed by atoms with van der Waals surface area (Å²) < 4.78 is 4.84. The minimum Gasteiger partial charge on any atom is -0.452 e. The second-order valence-corrected chi connectivity index (χ2v) is 6.26. The molecule has 1 amide bonds. The van der Waals surface area contributed by atoms with Crippen LogP contribution in [0, 0.1) is 10.1 Å². The Balaban J connectivity index is 1.70. The molecule has 2 rings (SSSR count). The molecule has 0 saturated carbocycles. The standard InChI is InChI=1S/C20H19ClN2O5/c21-17-10-8-16(13-18(17)23(26)27)9-11-20(25)28-14-19(24)22-12-4-7-15-5-2-1-3-6-15/h1-3,5-6,8-11,13H,4,7,12,14H2,(H,22,24)/b11-9+. The van der Waals surface area contributed by atoms with Gasteiger partial charge in [-0.2, -0.15) is 0 Å². The van der Waals surface area contributed by atoms with E-state index in [0.717, 1.165) is 18.9 Å². The Kier molecular flexibility index (Phi) is 8.17. The summed E-state index contributed by atoms with van der Waals surface area (Å²) in [5.74, 6) is -1.12. The fourth-order valence-electron chi connectivity index (χ4n) is 2.34. The zero-order valence-electron chi connectivity index (χ0n) is 15.0. The predicted molar refractivity (Wildman–Crippen MR) is 106 cm³/mol. The van der Waals surface area contributed by atoms with E-state index in [-0.39, 0.29) is 10.7 Å². The third-order valence-corrected chi connectivity index (χ3v) is 4.05. The minimum atomic E-state index is -0.725. The van der Waals surface area contributed by atoms with Crippen molar-refractivity contribution in [1.82, 2.24) is 5.32 Å². The summed E-state index contributed by atoms with van der Waals surface area (Å²) >= 11 is 5.72. The first kappa shape index (κ1) is 21.1. The quantitative estimate of drug-likeness (QED) is 0.227.